The topological polar surface area (TPSA) is 35.7 Å². The predicted molar refractivity (Wildman–Crippen MR) is 84.2 cm³/mol. The zero-order valence-electron chi connectivity index (χ0n) is 12.3. The van der Waals surface area contributed by atoms with Crippen molar-refractivity contribution in [3.8, 4) is 0 Å². The van der Waals surface area contributed by atoms with E-state index in [0.29, 0.717) is 6.04 Å². The zero-order valence-corrected chi connectivity index (χ0v) is 13.2. The van der Waals surface area contributed by atoms with Gasteiger partial charge in [0.15, 0.2) is 5.11 Å². The zero-order chi connectivity index (χ0) is 13.8. The summed E-state index contributed by atoms with van der Waals surface area (Å²) in [5, 5.41) is 0.988. The summed E-state index contributed by atoms with van der Waals surface area (Å²) in [7, 11) is 4.07. The maximum Gasteiger partial charge on any atom is 0.171 e. The first-order valence-corrected chi connectivity index (χ1v) is 7.91. The van der Waals surface area contributed by atoms with Crippen molar-refractivity contribution in [3.63, 3.8) is 0 Å². The number of hydrogen-bond acceptors (Lipinski definition) is 3. The second kappa shape index (κ2) is 6.86. The number of piperidine rings is 2. The van der Waals surface area contributed by atoms with Crippen molar-refractivity contribution in [2.45, 2.75) is 31.7 Å². The third-order valence-corrected chi connectivity index (χ3v) is 5.04. The van der Waals surface area contributed by atoms with Crippen LogP contribution >= 0.6 is 12.2 Å². The molecule has 0 atom stereocenters. The summed E-state index contributed by atoms with van der Waals surface area (Å²) < 4.78 is 0. The Morgan fingerprint density at radius 2 is 1.68 bits per heavy atom. The molecule has 0 unspecified atom stereocenters. The van der Waals surface area contributed by atoms with Gasteiger partial charge in [-0.1, -0.05) is 0 Å². The van der Waals surface area contributed by atoms with Crippen LogP contribution < -0.4 is 5.73 Å². The maximum atomic E-state index is 5.96. The number of rotatable bonds is 2. The molecule has 4 nitrogen and oxygen atoms in total. The van der Waals surface area contributed by atoms with Crippen molar-refractivity contribution in [2.75, 3.05) is 46.8 Å². The van der Waals surface area contributed by atoms with Gasteiger partial charge in [-0.15, -0.1) is 0 Å². The number of nitrogens with two attached hydrogens (primary N) is 1. The van der Waals surface area contributed by atoms with Crippen molar-refractivity contribution in [1.29, 1.82) is 0 Å². The van der Waals surface area contributed by atoms with Crippen LogP contribution in [0.1, 0.15) is 25.7 Å². The molecule has 2 aliphatic rings. The van der Waals surface area contributed by atoms with Gasteiger partial charge in [0.2, 0.25) is 0 Å². The minimum atomic E-state index is 0.440. The van der Waals surface area contributed by atoms with Crippen LogP contribution in [0.4, 0.5) is 0 Å². The Bertz CT molecular complexity index is 292. The minimum Gasteiger partial charge on any atom is -0.355 e. The molecule has 0 spiro atoms. The van der Waals surface area contributed by atoms with Gasteiger partial charge in [0.25, 0.3) is 0 Å². The third-order valence-electron chi connectivity index (χ3n) is 4.42. The lowest BCUT2D eigenvalue weighted by Crippen LogP contribution is -2.47. The van der Waals surface area contributed by atoms with Crippen molar-refractivity contribution < 1.29 is 0 Å². The van der Waals surface area contributed by atoms with E-state index in [1.165, 1.54) is 45.3 Å². The Hall–Kier alpha value is -0.390. The first-order chi connectivity index (χ1) is 9.06. The Labute approximate surface area is 122 Å². The van der Waals surface area contributed by atoms with Gasteiger partial charge in [-0.25, -0.2) is 0 Å². The van der Waals surface area contributed by atoms with E-state index in [0.717, 1.165) is 24.1 Å². The van der Waals surface area contributed by atoms with E-state index in [1.54, 1.807) is 0 Å². The van der Waals surface area contributed by atoms with Gasteiger partial charge in [-0.2, -0.15) is 0 Å². The molecule has 0 saturated carbocycles. The molecule has 2 N–H and O–H groups in total. The fraction of sp³-hybridized carbons (Fsp3) is 0.929. The lowest BCUT2D eigenvalue weighted by atomic mass is 9.95. The smallest absolute Gasteiger partial charge is 0.171 e. The molecule has 0 radical (unpaired) electrons. The van der Waals surface area contributed by atoms with Crippen LogP contribution in [0.25, 0.3) is 0 Å². The Morgan fingerprint density at radius 1 is 1.11 bits per heavy atom. The summed E-state index contributed by atoms with van der Waals surface area (Å²) in [5.74, 6) is 0.843. The van der Waals surface area contributed by atoms with Crippen LogP contribution in [0.3, 0.4) is 0 Å². The van der Waals surface area contributed by atoms with Gasteiger partial charge in [-0.05, 0) is 56.9 Å². The lowest BCUT2D eigenvalue weighted by Gasteiger charge is -2.38. The highest BCUT2D eigenvalue weighted by Gasteiger charge is 2.24. The normalized spacial score (nSPS) is 23.6. The number of likely N-dealkylation sites (tertiary alicyclic amines) is 2. The Kier molecular flexibility index (Phi) is 5.42. The molecule has 2 heterocycles. The van der Waals surface area contributed by atoms with Crippen LogP contribution in [0.15, 0.2) is 0 Å². The summed E-state index contributed by atoms with van der Waals surface area (Å²) in [4.78, 5) is 6.99. The number of hydrogen-bond donors (Lipinski definition) is 1. The predicted octanol–water partition coefficient (Wildman–Crippen LogP) is 0.968. The van der Waals surface area contributed by atoms with Gasteiger partial charge in [0, 0.05) is 39.8 Å². The molecule has 2 fully saturated rings. The first kappa shape index (κ1) is 15.0. The molecule has 2 saturated heterocycles. The SMILES string of the molecule is CN(C)C(=S)N1CCC(CN2CCC(N)CC2)CC1. The molecule has 0 aliphatic carbocycles. The summed E-state index contributed by atoms with van der Waals surface area (Å²) in [5.41, 5.74) is 5.96. The fourth-order valence-corrected chi connectivity index (χ4v) is 3.27. The largest absolute Gasteiger partial charge is 0.355 e. The minimum absolute atomic E-state index is 0.440. The molecular formula is C14H28N4S. The van der Waals surface area contributed by atoms with E-state index in [4.69, 9.17) is 18.0 Å². The summed E-state index contributed by atoms with van der Waals surface area (Å²) in [6, 6.07) is 0.440. The molecule has 19 heavy (non-hydrogen) atoms. The van der Waals surface area contributed by atoms with Crippen LogP contribution in [0, 0.1) is 5.92 Å². The molecule has 2 rings (SSSR count). The molecule has 110 valence electrons. The second-order valence-electron chi connectivity index (χ2n) is 6.25. The fourth-order valence-electron chi connectivity index (χ4n) is 3.09. The molecule has 0 amide bonds. The maximum absolute atomic E-state index is 5.96. The van der Waals surface area contributed by atoms with Crippen molar-refractivity contribution in [1.82, 2.24) is 14.7 Å². The van der Waals surface area contributed by atoms with Crippen molar-refractivity contribution in [2.24, 2.45) is 11.7 Å². The summed E-state index contributed by atoms with van der Waals surface area (Å²) in [6.45, 7) is 5.88. The molecule has 0 aromatic heterocycles. The van der Waals surface area contributed by atoms with Gasteiger partial charge >= 0.3 is 0 Å². The Balaban J connectivity index is 1.70. The second-order valence-corrected chi connectivity index (χ2v) is 6.61. The van der Waals surface area contributed by atoms with Crippen molar-refractivity contribution in [3.05, 3.63) is 0 Å². The molecule has 0 aromatic rings. The third kappa shape index (κ3) is 4.29. The highest BCUT2D eigenvalue weighted by Crippen LogP contribution is 2.21. The standard InChI is InChI=1S/C14H28N4S/c1-16(2)14(19)18-9-3-12(4-10-18)11-17-7-5-13(15)6-8-17/h12-13H,3-11,15H2,1-2H3. The number of nitrogens with zero attached hydrogens (tertiary/aromatic N) is 3. The van der Waals surface area contributed by atoms with E-state index >= 15 is 0 Å². The summed E-state index contributed by atoms with van der Waals surface area (Å²) in [6.07, 6.45) is 4.89. The molecule has 5 heteroatoms. The average Bonchev–Trinajstić information content (AvgIpc) is 2.41. The van der Waals surface area contributed by atoms with Gasteiger partial charge in [-0.3, -0.25) is 0 Å². The van der Waals surface area contributed by atoms with Crippen LogP contribution in [0.2, 0.25) is 0 Å². The van der Waals surface area contributed by atoms with E-state index in [-0.39, 0.29) is 0 Å². The van der Waals surface area contributed by atoms with E-state index in [9.17, 15) is 0 Å². The monoisotopic (exact) mass is 284 g/mol. The van der Waals surface area contributed by atoms with Crippen LogP contribution in [-0.2, 0) is 0 Å². The summed E-state index contributed by atoms with van der Waals surface area (Å²) >= 11 is 5.44. The van der Waals surface area contributed by atoms with Crippen molar-refractivity contribution >= 4 is 17.3 Å². The molecule has 0 aromatic carbocycles. The number of thiocarbonyl (C=S) groups is 1. The van der Waals surface area contributed by atoms with Gasteiger partial charge in [0.05, 0.1) is 0 Å². The quantitative estimate of drug-likeness (QED) is 0.765. The Morgan fingerprint density at radius 3 is 2.21 bits per heavy atom. The average molecular weight is 284 g/mol. The van der Waals surface area contributed by atoms with Gasteiger partial charge in [0.1, 0.15) is 0 Å². The molecule has 2 aliphatic heterocycles. The molecular weight excluding hydrogens is 256 g/mol. The van der Waals surface area contributed by atoms with E-state index in [1.807, 2.05) is 19.0 Å². The van der Waals surface area contributed by atoms with Gasteiger partial charge < -0.3 is 20.4 Å². The highest BCUT2D eigenvalue weighted by molar-refractivity contribution is 7.80. The lowest BCUT2D eigenvalue weighted by molar-refractivity contribution is 0.149. The van der Waals surface area contributed by atoms with Crippen LogP contribution in [0.5, 0.6) is 0 Å². The first-order valence-electron chi connectivity index (χ1n) is 7.50. The van der Waals surface area contributed by atoms with E-state index < -0.39 is 0 Å². The molecule has 0 bridgehead atoms. The highest BCUT2D eigenvalue weighted by atomic mass is 32.1. The van der Waals surface area contributed by atoms with E-state index in [2.05, 4.69) is 9.80 Å². The van der Waals surface area contributed by atoms with Crippen LogP contribution in [-0.4, -0.2) is 72.7 Å².